The summed E-state index contributed by atoms with van der Waals surface area (Å²) in [4.78, 5) is 0. The molecule has 28 heavy (non-hydrogen) atoms. The molecule has 2 atom stereocenters. The summed E-state index contributed by atoms with van der Waals surface area (Å²) in [5.41, 5.74) is -0.605. The SMILES string of the molecule is CC(C)(C)Oc1cccc2c1[P@](C(C)(C)C)C(P(=O)(C(C)(C)C)C(C)(C)C)O2. The largest absolute Gasteiger partial charge is 0.487 e. The second-order valence-electron chi connectivity index (χ2n) is 11.8. The maximum Gasteiger partial charge on any atom is 0.174 e. The quantitative estimate of drug-likeness (QED) is 0.462. The van der Waals surface area contributed by atoms with Crippen molar-refractivity contribution in [3.05, 3.63) is 18.2 Å². The van der Waals surface area contributed by atoms with Crippen molar-refractivity contribution < 1.29 is 14.0 Å². The van der Waals surface area contributed by atoms with Crippen molar-refractivity contribution in [1.29, 1.82) is 0 Å². The predicted molar refractivity (Wildman–Crippen MR) is 125 cm³/mol. The second-order valence-corrected chi connectivity index (χ2v) is 19.7. The molecule has 1 aliphatic heterocycles. The van der Waals surface area contributed by atoms with Gasteiger partial charge in [-0.2, -0.15) is 0 Å². The summed E-state index contributed by atoms with van der Waals surface area (Å²) < 4.78 is 27.8. The molecule has 0 amide bonds. The third kappa shape index (κ3) is 4.17. The van der Waals surface area contributed by atoms with Gasteiger partial charge in [-0.25, -0.2) is 0 Å². The fourth-order valence-corrected chi connectivity index (χ4v) is 15.0. The van der Waals surface area contributed by atoms with Gasteiger partial charge in [0, 0.05) is 10.3 Å². The Morgan fingerprint density at radius 2 is 1.39 bits per heavy atom. The zero-order chi connectivity index (χ0) is 21.9. The van der Waals surface area contributed by atoms with Crippen LogP contribution in [-0.2, 0) is 4.57 Å². The molecule has 1 unspecified atom stereocenters. The van der Waals surface area contributed by atoms with Gasteiger partial charge in [0.2, 0.25) is 0 Å². The molecule has 5 heteroatoms. The Balaban J connectivity index is 2.76. The van der Waals surface area contributed by atoms with Gasteiger partial charge in [0.05, 0.1) is 5.30 Å². The van der Waals surface area contributed by atoms with E-state index in [4.69, 9.17) is 9.47 Å². The van der Waals surface area contributed by atoms with E-state index in [-0.39, 0.29) is 26.7 Å². The Labute approximate surface area is 174 Å². The van der Waals surface area contributed by atoms with E-state index < -0.39 is 15.1 Å². The van der Waals surface area contributed by atoms with Crippen LogP contribution in [0, 0.1) is 0 Å². The molecule has 0 radical (unpaired) electrons. The Morgan fingerprint density at radius 3 is 1.79 bits per heavy atom. The summed E-state index contributed by atoms with van der Waals surface area (Å²) in [5, 5.41) is 0.372. The van der Waals surface area contributed by atoms with Gasteiger partial charge >= 0.3 is 0 Å². The lowest BCUT2D eigenvalue weighted by atomic mass is 10.2. The molecule has 1 aromatic rings. The highest BCUT2D eigenvalue weighted by atomic mass is 31.2. The van der Waals surface area contributed by atoms with Crippen molar-refractivity contribution in [2.45, 2.75) is 110 Å². The summed E-state index contributed by atoms with van der Waals surface area (Å²) in [6.45, 7) is 25.6. The maximum atomic E-state index is 14.8. The van der Waals surface area contributed by atoms with Crippen molar-refractivity contribution in [2.75, 3.05) is 0 Å². The first-order chi connectivity index (χ1) is 12.3. The normalized spacial score (nSPS) is 21.3. The van der Waals surface area contributed by atoms with Crippen LogP contribution in [0.1, 0.15) is 83.1 Å². The van der Waals surface area contributed by atoms with Crippen molar-refractivity contribution >= 4 is 20.4 Å². The van der Waals surface area contributed by atoms with E-state index in [1.807, 2.05) is 18.2 Å². The lowest BCUT2D eigenvalue weighted by molar-refractivity contribution is 0.132. The molecular weight excluding hydrogens is 386 g/mol. The van der Waals surface area contributed by atoms with Gasteiger partial charge in [-0.3, -0.25) is 0 Å². The molecule has 1 aliphatic rings. The Hall–Kier alpha value is -0.520. The van der Waals surface area contributed by atoms with Crippen molar-refractivity contribution in [3.8, 4) is 11.5 Å². The van der Waals surface area contributed by atoms with Crippen LogP contribution < -0.4 is 14.8 Å². The van der Waals surface area contributed by atoms with Gasteiger partial charge in [0.25, 0.3) is 0 Å². The Bertz CT molecular complexity index is 753. The molecule has 1 heterocycles. The Morgan fingerprint density at radius 1 is 0.893 bits per heavy atom. The van der Waals surface area contributed by atoms with Crippen LogP contribution in [0.5, 0.6) is 11.5 Å². The van der Waals surface area contributed by atoms with E-state index in [2.05, 4.69) is 83.1 Å². The first-order valence-electron chi connectivity index (χ1n) is 10.2. The minimum atomic E-state index is -2.79. The molecular formula is C23H40O3P2. The molecule has 0 aliphatic carbocycles. The Kier molecular flexibility index (Phi) is 5.96. The third-order valence-corrected chi connectivity index (χ3v) is 14.4. The van der Waals surface area contributed by atoms with Crippen LogP contribution in [-0.4, -0.2) is 26.7 Å². The molecule has 3 nitrogen and oxygen atoms in total. The highest BCUT2D eigenvalue weighted by Gasteiger charge is 2.60. The number of hydrogen-bond donors (Lipinski definition) is 0. The monoisotopic (exact) mass is 426 g/mol. The smallest absolute Gasteiger partial charge is 0.174 e. The highest BCUT2D eigenvalue weighted by molar-refractivity contribution is 7.84. The molecule has 0 fully saturated rings. The van der Waals surface area contributed by atoms with Gasteiger partial charge in [-0.1, -0.05) is 68.4 Å². The molecule has 1 aromatic carbocycles. The van der Waals surface area contributed by atoms with Gasteiger partial charge in [0.15, 0.2) is 5.59 Å². The van der Waals surface area contributed by atoms with E-state index in [9.17, 15) is 4.57 Å². The molecule has 160 valence electrons. The maximum absolute atomic E-state index is 14.8. The third-order valence-electron chi connectivity index (χ3n) is 5.10. The van der Waals surface area contributed by atoms with Crippen molar-refractivity contribution in [2.24, 2.45) is 0 Å². The summed E-state index contributed by atoms with van der Waals surface area (Å²) in [6, 6.07) is 6.04. The van der Waals surface area contributed by atoms with E-state index in [0.29, 0.717) is 0 Å². The van der Waals surface area contributed by atoms with Gasteiger partial charge in [0.1, 0.15) is 24.2 Å². The second kappa shape index (κ2) is 7.02. The fourth-order valence-electron chi connectivity index (χ4n) is 4.10. The van der Waals surface area contributed by atoms with Crippen LogP contribution in [0.2, 0.25) is 0 Å². The number of hydrogen-bond acceptors (Lipinski definition) is 3. The number of rotatable bonds is 2. The lowest BCUT2D eigenvalue weighted by Crippen LogP contribution is -2.38. The zero-order valence-corrected chi connectivity index (χ0v) is 21.7. The van der Waals surface area contributed by atoms with Crippen LogP contribution in [0.3, 0.4) is 0 Å². The summed E-state index contributed by atoms with van der Waals surface area (Å²) >= 11 is 0. The average molecular weight is 427 g/mol. The van der Waals surface area contributed by atoms with Crippen LogP contribution in [0.4, 0.5) is 0 Å². The van der Waals surface area contributed by atoms with Crippen LogP contribution in [0.25, 0.3) is 0 Å². The molecule has 0 saturated heterocycles. The standard InChI is InChI=1S/C23H40O3P2/c1-20(2,3)26-17-15-13-14-16-18(17)27(21(4,5)6)19(25-16)28(24,22(7,8)9)23(10,11)12/h13-15,19H,1-12H3/t19?,27-/m0/s1. The molecule has 0 spiro atoms. The highest BCUT2D eigenvalue weighted by Crippen LogP contribution is 2.80. The number of benzene rings is 1. The number of ether oxygens (including phenoxy) is 2. The molecule has 2 rings (SSSR count). The van der Waals surface area contributed by atoms with E-state index in [0.717, 1.165) is 16.8 Å². The van der Waals surface area contributed by atoms with Gasteiger partial charge in [-0.15, -0.1) is 0 Å². The summed E-state index contributed by atoms with van der Waals surface area (Å²) in [6.07, 6.45) is 0. The summed E-state index contributed by atoms with van der Waals surface area (Å²) in [7, 11) is -3.66. The predicted octanol–water partition coefficient (Wildman–Crippen LogP) is 7.41. The lowest BCUT2D eigenvalue weighted by Gasteiger charge is -2.47. The van der Waals surface area contributed by atoms with Crippen molar-refractivity contribution in [3.63, 3.8) is 0 Å². The zero-order valence-electron chi connectivity index (χ0n) is 19.9. The first-order valence-corrected chi connectivity index (χ1v) is 13.4. The minimum Gasteiger partial charge on any atom is -0.487 e. The summed E-state index contributed by atoms with van der Waals surface area (Å²) in [5.74, 6) is 1.73. The van der Waals surface area contributed by atoms with E-state index in [1.165, 1.54) is 0 Å². The first kappa shape index (κ1) is 23.8. The van der Waals surface area contributed by atoms with E-state index >= 15 is 0 Å². The number of fused-ring (bicyclic) bond motifs is 1. The molecule has 0 N–H and O–H groups in total. The van der Waals surface area contributed by atoms with E-state index in [1.54, 1.807) is 0 Å². The molecule has 0 saturated carbocycles. The average Bonchev–Trinajstić information content (AvgIpc) is 2.82. The topological polar surface area (TPSA) is 35.5 Å². The molecule has 0 bridgehead atoms. The molecule has 0 aromatic heterocycles. The fraction of sp³-hybridized carbons (Fsp3) is 0.739. The van der Waals surface area contributed by atoms with Crippen molar-refractivity contribution in [1.82, 2.24) is 0 Å². The van der Waals surface area contributed by atoms with Gasteiger partial charge in [-0.05, 0) is 46.0 Å². The van der Waals surface area contributed by atoms with Gasteiger partial charge < -0.3 is 14.0 Å². The minimum absolute atomic E-state index is 0.0608. The van der Waals surface area contributed by atoms with Crippen LogP contribution in [0.15, 0.2) is 18.2 Å². The van der Waals surface area contributed by atoms with Crippen LogP contribution >= 0.6 is 15.1 Å².